The van der Waals surface area contributed by atoms with Crippen LogP contribution in [0.5, 0.6) is 0 Å². The predicted octanol–water partition coefficient (Wildman–Crippen LogP) is 4.04. The van der Waals surface area contributed by atoms with Crippen LogP contribution in [0.1, 0.15) is 46.0 Å². The third-order valence-electron chi connectivity index (χ3n) is 4.50. The van der Waals surface area contributed by atoms with Crippen LogP contribution in [0.4, 0.5) is 0 Å². The molecular weight excluding hydrogens is 419 g/mol. The molecule has 3 atom stereocenters. The standard InChI is InChI=1S/C23H28O4Se/c1-22(2,3)27-21(24)23(4,28-18-13-9-6-10-14-18)19-15-16-25-20(26-19)17-11-7-5-8-12-17/h5-14,19-20H,15-16H2,1-4H3. The van der Waals surface area contributed by atoms with Gasteiger partial charge in [0, 0.05) is 0 Å². The monoisotopic (exact) mass is 448 g/mol. The van der Waals surface area contributed by atoms with Crippen molar-refractivity contribution >= 4 is 25.4 Å². The van der Waals surface area contributed by atoms with Crippen LogP contribution in [0.3, 0.4) is 0 Å². The molecular formula is C23H28O4Se. The molecule has 0 radical (unpaired) electrons. The molecule has 1 heterocycles. The maximum atomic E-state index is 13.3. The van der Waals surface area contributed by atoms with E-state index in [2.05, 4.69) is 12.1 Å². The molecule has 0 saturated carbocycles. The molecule has 0 aromatic heterocycles. The van der Waals surface area contributed by atoms with Gasteiger partial charge in [0.15, 0.2) is 0 Å². The van der Waals surface area contributed by atoms with Crippen LogP contribution in [-0.2, 0) is 19.0 Å². The number of ether oxygens (including phenoxy) is 3. The van der Waals surface area contributed by atoms with Crippen molar-refractivity contribution in [2.45, 2.75) is 56.4 Å². The van der Waals surface area contributed by atoms with Crippen molar-refractivity contribution in [3.63, 3.8) is 0 Å². The molecule has 1 aliphatic rings. The molecule has 0 N–H and O–H groups in total. The minimum absolute atomic E-state index is 0.153. The molecule has 1 fully saturated rings. The molecule has 5 heteroatoms. The van der Waals surface area contributed by atoms with Crippen molar-refractivity contribution in [1.82, 2.24) is 0 Å². The van der Waals surface area contributed by atoms with E-state index in [9.17, 15) is 4.79 Å². The van der Waals surface area contributed by atoms with Gasteiger partial charge in [-0.2, -0.15) is 0 Å². The number of esters is 1. The quantitative estimate of drug-likeness (QED) is 0.513. The van der Waals surface area contributed by atoms with E-state index in [1.807, 2.05) is 76.2 Å². The van der Waals surface area contributed by atoms with Crippen LogP contribution >= 0.6 is 0 Å². The fourth-order valence-electron chi connectivity index (χ4n) is 3.08. The molecule has 28 heavy (non-hydrogen) atoms. The number of hydrogen-bond acceptors (Lipinski definition) is 4. The molecule has 3 unspecified atom stereocenters. The van der Waals surface area contributed by atoms with Crippen molar-refractivity contribution in [3.8, 4) is 0 Å². The van der Waals surface area contributed by atoms with Gasteiger partial charge in [-0.3, -0.25) is 0 Å². The third kappa shape index (κ3) is 5.24. The van der Waals surface area contributed by atoms with E-state index in [1.54, 1.807) is 0 Å². The first-order valence-electron chi connectivity index (χ1n) is 9.57. The summed E-state index contributed by atoms with van der Waals surface area (Å²) in [4.78, 5) is 13.3. The summed E-state index contributed by atoms with van der Waals surface area (Å²) in [5, 5.41) is 0. The first-order chi connectivity index (χ1) is 13.3. The van der Waals surface area contributed by atoms with Crippen molar-refractivity contribution in [2.24, 2.45) is 0 Å². The molecule has 0 aliphatic carbocycles. The normalized spacial score (nSPS) is 22.3. The van der Waals surface area contributed by atoms with E-state index < -0.39 is 16.2 Å². The fraction of sp³-hybridized carbons (Fsp3) is 0.435. The van der Waals surface area contributed by atoms with Crippen LogP contribution in [0.15, 0.2) is 60.7 Å². The second kappa shape index (κ2) is 8.79. The molecule has 2 aromatic rings. The van der Waals surface area contributed by atoms with Crippen LogP contribution in [-0.4, -0.2) is 39.2 Å². The van der Waals surface area contributed by atoms with Crippen LogP contribution in [0, 0.1) is 0 Å². The predicted molar refractivity (Wildman–Crippen MR) is 111 cm³/mol. The van der Waals surface area contributed by atoms with E-state index >= 15 is 0 Å². The zero-order valence-corrected chi connectivity index (χ0v) is 18.6. The molecule has 1 aliphatic heterocycles. The van der Waals surface area contributed by atoms with Gasteiger partial charge in [-0.15, -0.1) is 0 Å². The summed E-state index contributed by atoms with van der Waals surface area (Å²) in [6.07, 6.45) is -0.0806. The fourth-order valence-corrected chi connectivity index (χ4v) is 5.62. The summed E-state index contributed by atoms with van der Waals surface area (Å²) < 4.78 is 18.4. The Labute approximate surface area is 173 Å². The second-order valence-electron chi connectivity index (χ2n) is 8.05. The Balaban J connectivity index is 1.87. The van der Waals surface area contributed by atoms with E-state index in [0.717, 1.165) is 10.0 Å². The van der Waals surface area contributed by atoms with Crippen molar-refractivity contribution in [2.75, 3.05) is 6.61 Å². The number of hydrogen-bond donors (Lipinski definition) is 0. The summed E-state index contributed by atoms with van der Waals surface area (Å²) in [5.74, 6) is -0.206. The van der Waals surface area contributed by atoms with Crippen LogP contribution < -0.4 is 4.46 Å². The average molecular weight is 447 g/mol. The number of benzene rings is 2. The summed E-state index contributed by atoms with van der Waals surface area (Å²) in [6.45, 7) is 8.23. The first-order valence-corrected chi connectivity index (χ1v) is 11.3. The molecule has 0 amide bonds. The van der Waals surface area contributed by atoms with Gasteiger partial charge in [0.1, 0.15) is 0 Å². The summed E-state index contributed by atoms with van der Waals surface area (Å²) in [7, 11) is 0. The van der Waals surface area contributed by atoms with Gasteiger partial charge in [-0.25, -0.2) is 0 Å². The first kappa shape index (κ1) is 21.1. The van der Waals surface area contributed by atoms with Gasteiger partial charge in [0.05, 0.1) is 0 Å². The number of carbonyl (C=O) groups excluding carboxylic acids is 1. The Morgan fingerprint density at radius 3 is 2.21 bits per heavy atom. The number of carbonyl (C=O) groups is 1. The number of rotatable bonds is 5. The van der Waals surface area contributed by atoms with Crippen molar-refractivity contribution in [1.29, 1.82) is 0 Å². The zero-order chi connectivity index (χ0) is 20.2. The zero-order valence-electron chi connectivity index (χ0n) is 16.9. The van der Waals surface area contributed by atoms with Crippen molar-refractivity contribution in [3.05, 3.63) is 66.2 Å². The van der Waals surface area contributed by atoms with E-state index in [4.69, 9.17) is 14.2 Å². The molecule has 3 rings (SSSR count). The minimum atomic E-state index is -0.752. The van der Waals surface area contributed by atoms with Crippen LogP contribution in [0.2, 0.25) is 4.31 Å². The second-order valence-corrected chi connectivity index (χ2v) is 11.2. The molecule has 0 bridgehead atoms. The molecule has 150 valence electrons. The van der Waals surface area contributed by atoms with Gasteiger partial charge in [-0.05, 0) is 0 Å². The molecule has 1 saturated heterocycles. The summed E-state index contributed by atoms with van der Waals surface area (Å²) in [6, 6.07) is 20.0. The summed E-state index contributed by atoms with van der Waals surface area (Å²) >= 11 is -0.153. The summed E-state index contributed by atoms with van der Waals surface area (Å²) in [5.41, 5.74) is 0.417. The molecule has 0 spiro atoms. The average Bonchev–Trinajstić information content (AvgIpc) is 2.68. The van der Waals surface area contributed by atoms with Gasteiger partial charge >= 0.3 is 174 Å². The topological polar surface area (TPSA) is 44.8 Å². The van der Waals surface area contributed by atoms with Crippen molar-refractivity contribution < 1.29 is 19.0 Å². The molecule has 2 aromatic carbocycles. The van der Waals surface area contributed by atoms with Gasteiger partial charge in [0.2, 0.25) is 0 Å². The van der Waals surface area contributed by atoms with E-state index in [0.29, 0.717) is 13.0 Å². The Bertz CT molecular complexity index is 772. The van der Waals surface area contributed by atoms with Gasteiger partial charge in [0.25, 0.3) is 0 Å². The van der Waals surface area contributed by atoms with Crippen LogP contribution in [0.25, 0.3) is 0 Å². The Morgan fingerprint density at radius 2 is 1.61 bits per heavy atom. The third-order valence-corrected chi connectivity index (χ3v) is 7.36. The van der Waals surface area contributed by atoms with Gasteiger partial charge in [-0.1, -0.05) is 0 Å². The van der Waals surface area contributed by atoms with Gasteiger partial charge < -0.3 is 0 Å². The Kier molecular flexibility index (Phi) is 6.61. The maximum absolute atomic E-state index is 13.3. The molecule has 4 nitrogen and oxygen atoms in total. The SMILES string of the molecule is CC(C)(C)OC(=O)C(C)([Se]c1ccccc1)C1CCOC(c2ccccc2)O1. The van der Waals surface area contributed by atoms with E-state index in [-0.39, 0.29) is 27.0 Å². The Hall–Kier alpha value is -1.65. The van der Waals surface area contributed by atoms with E-state index in [1.165, 1.54) is 0 Å². The Morgan fingerprint density at radius 1 is 1.00 bits per heavy atom.